The van der Waals surface area contributed by atoms with Crippen molar-refractivity contribution in [1.82, 2.24) is 15.2 Å². The van der Waals surface area contributed by atoms with E-state index in [2.05, 4.69) is 34.4 Å². The number of carbonyl (C=O) groups is 1. The average molecular weight is 285 g/mol. The summed E-state index contributed by atoms with van der Waals surface area (Å²) < 4.78 is 0. The van der Waals surface area contributed by atoms with Crippen LogP contribution in [-0.4, -0.2) is 42.1 Å². The second-order valence-corrected chi connectivity index (χ2v) is 4.56. The molecule has 0 atom stereocenters. The van der Waals surface area contributed by atoms with Crippen LogP contribution in [-0.2, 0) is 0 Å². The van der Waals surface area contributed by atoms with Gasteiger partial charge in [-0.15, -0.1) is 0 Å². The Kier molecular flexibility index (Phi) is 7.22. The van der Waals surface area contributed by atoms with Gasteiger partial charge in [-0.2, -0.15) is 0 Å². The number of anilines is 1. The van der Waals surface area contributed by atoms with Crippen molar-refractivity contribution in [1.29, 1.82) is 0 Å². The van der Waals surface area contributed by atoms with Crippen molar-refractivity contribution in [3.8, 4) is 0 Å². The van der Waals surface area contributed by atoms with Gasteiger partial charge in [-0.05, 0) is 38.2 Å². The van der Waals surface area contributed by atoms with Gasteiger partial charge in [0.2, 0.25) is 0 Å². The maximum absolute atomic E-state index is 11.6. The topological polar surface area (TPSA) is 57.3 Å². The van der Waals surface area contributed by atoms with Crippen molar-refractivity contribution in [2.24, 2.45) is 0 Å². The van der Waals surface area contributed by atoms with Crippen molar-refractivity contribution in [3.05, 3.63) is 23.4 Å². The number of amides is 2. The quantitative estimate of drug-likeness (QED) is 0.757. The molecular formula is C13H21ClN4O. The summed E-state index contributed by atoms with van der Waals surface area (Å²) >= 11 is 5.80. The minimum absolute atomic E-state index is 0.255. The molecule has 2 N–H and O–H groups in total. The van der Waals surface area contributed by atoms with Crippen LogP contribution in [0, 0.1) is 0 Å². The van der Waals surface area contributed by atoms with Crippen LogP contribution in [0.15, 0.2) is 18.3 Å². The third-order valence-electron chi connectivity index (χ3n) is 2.79. The molecule has 0 aliphatic carbocycles. The van der Waals surface area contributed by atoms with E-state index in [1.54, 1.807) is 18.3 Å². The van der Waals surface area contributed by atoms with Gasteiger partial charge in [0.1, 0.15) is 5.82 Å². The van der Waals surface area contributed by atoms with E-state index in [1.165, 1.54) is 0 Å². The zero-order valence-corrected chi connectivity index (χ0v) is 12.2. The van der Waals surface area contributed by atoms with Gasteiger partial charge >= 0.3 is 6.03 Å². The molecule has 5 nitrogen and oxygen atoms in total. The second-order valence-electron chi connectivity index (χ2n) is 4.12. The Bertz CT molecular complexity index is 396. The minimum atomic E-state index is -0.255. The van der Waals surface area contributed by atoms with Crippen molar-refractivity contribution in [2.75, 3.05) is 31.5 Å². The first-order chi connectivity index (χ1) is 9.15. The summed E-state index contributed by atoms with van der Waals surface area (Å²) in [7, 11) is 0. The molecule has 0 fully saturated rings. The number of halogens is 1. The third kappa shape index (κ3) is 6.40. The lowest BCUT2D eigenvalue weighted by Crippen LogP contribution is -2.32. The molecule has 0 saturated carbocycles. The molecule has 1 aromatic heterocycles. The molecule has 0 unspecified atom stereocenters. The number of urea groups is 1. The van der Waals surface area contributed by atoms with Gasteiger partial charge in [0.05, 0.1) is 0 Å². The molecule has 19 heavy (non-hydrogen) atoms. The standard InChI is InChI=1S/C13H21ClN4O/c1-3-18(4-2)9-5-7-16-13(19)17-12-10-11(14)6-8-15-12/h6,8,10H,3-5,7,9H2,1-2H3,(H2,15,16,17,19). The smallest absolute Gasteiger partial charge is 0.320 e. The first-order valence-electron chi connectivity index (χ1n) is 6.54. The van der Waals surface area contributed by atoms with E-state index in [9.17, 15) is 4.79 Å². The van der Waals surface area contributed by atoms with E-state index in [4.69, 9.17) is 11.6 Å². The normalized spacial score (nSPS) is 10.5. The number of pyridine rings is 1. The van der Waals surface area contributed by atoms with Crippen LogP contribution >= 0.6 is 11.6 Å². The fourth-order valence-electron chi connectivity index (χ4n) is 1.68. The summed E-state index contributed by atoms with van der Waals surface area (Å²) in [5.41, 5.74) is 0. The second kappa shape index (κ2) is 8.72. The van der Waals surface area contributed by atoms with Gasteiger partial charge in [0, 0.05) is 17.8 Å². The molecule has 0 radical (unpaired) electrons. The van der Waals surface area contributed by atoms with Gasteiger partial charge in [-0.25, -0.2) is 9.78 Å². The molecule has 2 amide bonds. The molecule has 0 spiro atoms. The summed E-state index contributed by atoms with van der Waals surface area (Å²) in [6.45, 7) is 7.97. The SMILES string of the molecule is CCN(CC)CCCNC(=O)Nc1cc(Cl)ccn1. The highest BCUT2D eigenvalue weighted by Gasteiger charge is 2.03. The van der Waals surface area contributed by atoms with Crippen LogP contribution in [0.1, 0.15) is 20.3 Å². The zero-order chi connectivity index (χ0) is 14.1. The molecule has 0 aliphatic rings. The van der Waals surface area contributed by atoms with Gasteiger partial charge in [0.25, 0.3) is 0 Å². The number of carbonyl (C=O) groups excluding carboxylic acids is 1. The van der Waals surface area contributed by atoms with E-state index in [0.29, 0.717) is 17.4 Å². The fraction of sp³-hybridized carbons (Fsp3) is 0.538. The number of nitrogens with one attached hydrogen (secondary N) is 2. The Morgan fingerprint density at radius 3 is 2.79 bits per heavy atom. The highest BCUT2D eigenvalue weighted by atomic mass is 35.5. The maximum atomic E-state index is 11.6. The zero-order valence-electron chi connectivity index (χ0n) is 11.4. The number of nitrogens with zero attached hydrogens (tertiary/aromatic N) is 2. The Labute approximate surface area is 119 Å². The maximum Gasteiger partial charge on any atom is 0.320 e. The van der Waals surface area contributed by atoms with Crippen molar-refractivity contribution < 1.29 is 4.79 Å². The molecule has 0 aliphatic heterocycles. The molecular weight excluding hydrogens is 264 g/mol. The molecule has 0 saturated heterocycles. The van der Waals surface area contributed by atoms with Crippen molar-refractivity contribution in [3.63, 3.8) is 0 Å². The molecule has 106 valence electrons. The largest absolute Gasteiger partial charge is 0.338 e. The summed E-state index contributed by atoms with van der Waals surface area (Å²) in [5, 5.41) is 5.98. The Morgan fingerprint density at radius 1 is 1.42 bits per heavy atom. The van der Waals surface area contributed by atoms with E-state index >= 15 is 0 Å². The van der Waals surface area contributed by atoms with Crippen LogP contribution in [0.5, 0.6) is 0 Å². The van der Waals surface area contributed by atoms with E-state index < -0.39 is 0 Å². The Morgan fingerprint density at radius 2 is 2.16 bits per heavy atom. The predicted octanol–water partition coefficient (Wildman–Crippen LogP) is 2.59. The molecule has 1 heterocycles. The van der Waals surface area contributed by atoms with Crippen molar-refractivity contribution >= 4 is 23.4 Å². The number of rotatable bonds is 7. The van der Waals surface area contributed by atoms with Crippen LogP contribution < -0.4 is 10.6 Å². The average Bonchev–Trinajstić information content (AvgIpc) is 2.39. The fourth-order valence-corrected chi connectivity index (χ4v) is 1.84. The van der Waals surface area contributed by atoms with Crippen molar-refractivity contribution in [2.45, 2.75) is 20.3 Å². The highest BCUT2D eigenvalue weighted by Crippen LogP contribution is 2.11. The van der Waals surface area contributed by atoms with Crippen LogP contribution in [0.2, 0.25) is 5.02 Å². The van der Waals surface area contributed by atoms with Gasteiger partial charge in [0.15, 0.2) is 0 Å². The Balaban J connectivity index is 2.21. The van der Waals surface area contributed by atoms with E-state index in [0.717, 1.165) is 26.1 Å². The lowest BCUT2D eigenvalue weighted by atomic mass is 10.3. The lowest BCUT2D eigenvalue weighted by molar-refractivity contribution is 0.250. The molecule has 1 rings (SSSR count). The number of hydrogen-bond donors (Lipinski definition) is 2. The monoisotopic (exact) mass is 284 g/mol. The number of aromatic nitrogens is 1. The molecule has 1 aromatic rings. The van der Waals surface area contributed by atoms with Gasteiger partial charge in [-0.1, -0.05) is 25.4 Å². The predicted molar refractivity (Wildman–Crippen MR) is 78.7 cm³/mol. The summed E-state index contributed by atoms with van der Waals surface area (Å²) in [4.78, 5) is 17.9. The van der Waals surface area contributed by atoms with E-state index in [1.807, 2.05) is 0 Å². The first kappa shape index (κ1) is 15.7. The van der Waals surface area contributed by atoms with E-state index in [-0.39, 0.29) is 6.03 Å². The van der Waals surface area contributed by atoms with Gasteiger partial charge in [-0.3, -0.25) is 5.32 Å². The summed E-state index contributed by atoms with van der Waals surface area (Å²) in [6, 6.07) is 3.01. The molecule has 0 aromatic carbocycles. The minimum Gasteiger partial charge on any atom is -0.338 e. The molecule has 6 heteroatoms. The molecule has 0 bridgehead atoms. The lowest BCUT2D eigenvalue weighted by Gasteiger charge is -2.17. The van der Waals surface area contributed by atoms with Crippen LogP contribution in [0.25, 0.3) is 0 Å². The summed E-state index contributed by atoms with van der Waals surface area (Å²) in [5.74, 6) is 0.453. The van der Waals surface area contributed by atoms with Crippen LogP contribution in [0.3, 0.4) is 0 Å². The Hall–Kier alpha value is -1.33. The first-order valence-corrected chi connectivity index (χ1v) is 6.92. The third-order valence-corrected chi connectivity index (χ3v) is 3.03. The number of hydrogen-bond acceptors (Lipinski definition) is 3. The van der Waals surface area contributed by atoms with Gasteiger partial charge < -0.3 is 10.2 Å². The highest BCUT2D eigenvalue weighted by molar-refractivity contribution is 6.30. The summed E-state index contributed by atoms with van der Waals surface area (Å²) in [6.07, 6.45) is 2.48. The van der Waals surface area contributed by atoms with Crippen LogP contribution in [0.4, 0.5) is 10.6 Å².